The Morgan fingerprint density at radius 1 is 1.19 bits per heavy atom. The number of benzene rings is 2. The molecule has 36 heavy (non-hydrogen) atoms. The van der Waals surface area contributed by atoms with Crippen LogP contribution in [-0.2, 0) is 16.0 Å². The topological polar surface area (TPSA) is 95.2 Å². The van der Waals surface area contributed by atoms with Crippen LogP contribution < -0.4 is 15.0 Å². The van der Waals surface area contributed by atoms with Crippen molar-refractivity contribution in [3.63, 3.8) is 0 Å². The number of halogens is 2. The fraction of sp³-hybridized carbons (Fsp3) is 0.360. The molecule has 1 fully saturated rings. The first-order chi connectivity index (χ1) is 17.4. The van der Waals surface area contributed by atoms with Crippen molar-refractivity contribution in [2.75, 3.05) is 40.0 Å². The molecule has 0 aliphatic carbocycles. The standard InChI is InChI=1S/C25H26Br2N4O5/c1-3-4-23-29-20-6-5-17(26)12-18(20)25(33)31(23)28-14-16-11-21(34-2)22(13-19(16)27)36-15-24(32)30-7-9-35-10-8-30/h5-6,11-14H,3-4,7-10,15H2,1-2H3. The van der Waals surface area contributed by atoms with Crippen LogP contribution in [0.5, 0.6) is 11.5 Å². The van der Waals surface area contributed by atoms with Crippen LogP contribution in [0.15, 0.2) is 49.2 Å². The molecule has 0 radical (unpaired) electrons. The monoisotopic (exact) mass is 620 g/mol. The highest BCUT2D eigenvalue weighted by Crippen LogP contribution is 2.33. The Hall–Kier alpha value is -2.76. The number of hydrogen-bond acceptors (Lipinski definition) is 7. The van der Waals surface area contributed by atoms with E-state index in [2.05, 4.69) is 41.9 Å². The zero-order valence-corrected chi connectivity index (χ0v) is 23.2. The predicted octanol–water partition coefficient (Wildman–Crippen LogP) is 4.00. The Morgan fingerprint density at radius 3 is 2.69 bits per heavy atom. The van der Waals surface area contributed by atoms with Crippen molar-refractivity contribution in [3.8, 4) is 11.5 Å². The second-order valence-corrected chi connectivity index (χ2v) is 9.88. The van der Waals surface area contributed by atoms with Gasteiger partial charge in [-0.25, -0.2) is 4.98 Å². The molecule has 0 bridgehead atoms. The molecule has 11 heteroatoms. The lowest BCUT2D eigenvalue weighted by Crippen LogP contribution is -2.43. The van der Waals surface area contributed by atoms with E-state index >= 15 is 0 Å². The van der Waals surface area contributed by atoms with E-state index in [1.165, 1.54) is 11.8 Å². The molecule has 4 rings (SSSR count). The van der Waals surface area contributed by atoms with Crippen LogP contribution in [0.2, 0.25) is 0 Å². The third kappa shape index (κ3) is 5.96. The lowest BCUT2D eigenvalue weighted by atomic mass is 10.2. The first-order valence-corrected chi connectivity index (χ1v) is 13.1. The van der Waals surface area contributed by atoms with E-state index < -0.39 is 0 Å². The molecule has 1 aliphatic rings. The highest BCUT2D eigenvalue weighted by Gasteiger charge is 2.19. The molecule has 2 heterocycles. The summed E-state index contributed by atoms with van der Waals surface area (Å²) < 4.78 is 19.3. The van der Waals surface area contributed by atoms with Gasteiger partial charge in [-0.3, -0.25) is 9.59 Å². The van der Waals surface area contributed by atoms with Crippen LogP contribution in [0, 0.1) is 0 Å². The van der Waals surface area contributed by atoms with Crippen molar-refractivity contribution < 1.29 is 19.0 Å². The highest BCUT2D eigenvalue weighted by molar-refractivity contribution is 9.10. The molecule has 0 N–H and O–H groups in total. The Morgan fingerprint density at radius 2 is 1.97 bits per heavy atom. The summed E-state index contributed by atoms with van der Waals surface area (Å²) in [7, 11) is 1.52. The average molecular weight is 622 g/mol. The summed E-state index contributed by atoms with van der Waals surface area (Å²) in [6.45, 7) is 4.08. The quantitative estimate of drug-likeness (QED) is 0.353. The molecule has 0 spiro atoms. The van der Waals surface area contributed by atoms with Gasteiger partial charge in [-0.2, -0.15) is 9.78 Å². The summed E-state index contributed by atoms with van der Waals surface area (Å²) in [6.07, 6.45) is 2.99. The molecule has 9 nitrogen and oxygen atoms in total. The van der Waals surface area contributed by atoms with Gasteiger partial charge in [0.15, 0.2) is 18.1 Å². The summed E-state index contributed by atoms with van der Waals surface area (Å²) in [4.78, 5) is 32.0. The van der Waals surface area contributed by atoms with E-state index in [0.717, 1.165) is 10.9 Å². The Labute approximate surface area is 225 Å². The number of aromatic nitrogens is 2. The van der Waals surface area contributed by atoms with E-state index in [1.807, 2.05) is 19.1 Å². The lowest BCUT2D eigenvalue weighted by Gasteiger charge is -2.26. The van der Waals surface area contributed by atoms with Gasteiger partial charge in [-0.15, -0.1) is 0 Å². The van der Waals surface area contributed by atoms with Crippen LogP contribution in [0.3, 0.4) is 0 Å². The second kappa shape index (κ2) is 12.0. The van der Waals surface area contributed by atoms with E-state index in [1.54, 1.807) is 29.3 Å². The van der Waals surface area contributed by atoms with E-state index in [0.29, 0.717) is 71.0 Å². The molecular formula is C25H26Br2N4O5. The van der Waals surface area contributed by atoms with Gasteiger partial charge in [0.1, 0.15) is 5.82 Å². The lowest BCUT2D eigenvalue weighted by molar-refractivity contribution is -0.137. The summed E-state index contributed by atoms with van der Waals surface area (Å²) in [5, 5.41) is 4.96. The molecule has 1 saturated heterocycles. The Balaban J connectivity index is 1.61. The maximum Gasteiger partial charge on any atom is 0.282 e. The van der Waals surface area contributed by atoms with Gasteiger partial charge in [-0.05, 0) is 52.7 Å². The maximum absolute atomic E-state index is 13.2. The fourth-order valence-corrected chi connectivity index (χ4v) is 4.57. The summed E-state index contributed by atoms with van der Waals surface area (Å²) in [5.74, 6) is 1.33. The minimum Gasteiger partial charge on any atom is -0.493 e. The number of morpholine rings is 1. The first kappa shape index (κ1) is 26.3. The Bertz CT molecular complexity index is 1350. The number of methoxy groups -OCH3 is 1. The van der Waals surface area contributed by atoms with E-state index in [4.69, 9.17) is 14.2 Å². The van der Waals surface area contributed by atoms with Gasteiger partial charge in [0.2, 0.25) is 0 Å². The Kier molecular flexibility index (Phi) is 8.76. The van der Waals surface area contributed by atoms with Crippen molar-refractivity contribution in [3.05, 3.63) is 61.0 Å². The smallest absolute Gasteiger partial charge is 0.282 e. The molecule has 190 valence electrons. The fourth-order valence-electron chi connectivity index (χ4n) is 3.78. The SMILES string of the molecule is CCCc1nc2ccc(Br)cc2c(=O)n1N=Cc1cc(OC)c(OCC(=O)N2CCOCC2)cc1Br. The van der Waals surface area contributed by atoms with Crippen molar-refractivity contribution in [2.45, 2.75) is 19.8 Å². The molecular weight excluding hydrogens is 596 g/mol. The van der Waals surface area contributed by atoms with Gasteiger partial charge >= 0.3 is 0 Å². The van der Waals surface area contributed by atoms with Gasteiger partial charge in [-0.1, -0.05) is 22.9 Å². The van der Waals surface area contributed by atoms with E-state index in [9.17, 15) is 9.59 Å². The second-order valence-electron chi connectivity index (χ2n) is 8.11. The number of carbonyl (C=O) groups is 1. The molecule has 1 aromatic heterocycles. The molecule has 2 aromatic carbocycles. The zero-order valence-electron chi connectivity index (χ0n) is 20.0. The van der Waals surface area contributed by atoms with Crippen molar-refractivity contribution in [1.29, 1.82) is 0 Å². The first-order valence-electron chi connectivity index (χ1n) is 11.5. The third-order valence-corrected chi connectivity index (χ3v) is 6.84. The molecule has 1 aliphatic heterocycles. The van der Waals surface area contributed by atoms with Gasteiger partial charge in [0.25, 0.3) is 11.5 Å². The number of nitrogens with zero attached hydrogens (tertiary/aromatic N) is 4. The van der Waals surface area contributed by atoms with Crippen LogP contribution in [-0.4, -0.2) is 66.7 Å². The molecule has 0 unspecified atom stereocenters. The summed E-state index contributed by atoms with van der Waals surface area (Å²) in [6, 6.07) is 8.88. The minimum absolute atomic E-state index is 0.107. The van der Waals surface area contributed by atoms with Crippen molar-refractivity contribution >= 4 is 54.9 Å². The largest absolute Gasteiger partial charge is 0.493 e. The van der Waals surface area contributed by atoms with Gasteiger partial charge in [0, 0.05) is 34.0 Å². The number of hydrogen-bond donors (Lipinski definition) is 0. The minimum atomic E-state index is -0.245. The van der Waals surface area contributed by atoms with Crippen LogP contribution in [0.25, 0.3) is 10.9 Å². The van der Waals surface area contributed by atoms with Crippen LogP contribution in [0.4, 0.5) is 0 Å². The average Bonchev–Trinajstić information content (AvgIpc) is 2.89. The molecule has 0 atom stereocenters. The van der Waals surface area contributed by atoms with Gasteiger partial charge < -0.3 is 19.1 Å². The summed E-state index contributed by atoms with van der Waals surface area (Å²) >= 11 is 6.95. The van der Waals surface area contributed by atoms with E-state index in [-0.39, 0.29) is 18.1 Å². The highest BCUT2D eigenvalue weighted by atomic mass is 79.9. The van der Waals surface area contributed by atoms with Crippen LogP contribution in [0.1, 0.15) is 24.7 Å². The van der Waals surface area contributed by atoms with Crippen molar-refractivity contribution in [2.24, 2.45) is 5.10 Å². The summed E-state index contributed by atoms with van der Waals surface area (Å²) in [5.41, 5.74) is 1.06. The number of carbonyl (C=O) groups excluding carboxylic acids is 1. The normalized spacial score (nSPS) is 13.9. The molecule has 0 saturated carbocycles. The maximum atomic E-state index is 13.2. The third-order valence-electron chi connectivity index (χ3n) is 5.66. The molecule has 3 aromatic rings. The number of rotatable bonds is 8. The predicted molar refractivity (Wildman–Crippen MR) is 144 cm³/mol. The van der Waals surface area contributed by atoms with Crippen molar-refractivity contribution in [1.82, 2.24) is 14.6 Å². The number of amides is 1. The molecule has 1 amide bonds. The number of fused-ring (bicyclic) bond motifs is 1. The zero-order chi connectivity index (χ0) is 25.7. The number of ether oxygens (including phenoxy) is 3. The number of aryl methyl sites for hydroxylation is 1. The van der Waals surface area contributed by atoms with Gasteiger partial charge in [0.05, 0.1) is 37.4 Å². The van der Waals surface area contributed by atoms with Crippen LogP contribution >= 0.6 is 31.9 Å².